The van der Waals surface area contributed by atoms with Crippen molar-refractivity contribution >= 4 is 17.9 Å². The molecule has 0 spiro atoms. The summed E-state index contributed by atoms with van der Waals surface area (Å²) in [7, 11) is 0. The summed E-state index contributed by atoms with van der Waals surface area (Å²) in [5.41, 5.74) is -6.51. The number of ether oxygens (including phenoxy) is 4. The van der Waals surface area contributed by atoms with Crippen LogP contribution in [0.4, 0.5) is 79.0 Å². The van der Waals surface area contributed by atoms with E-state index in [-0.39, 0.29) is 66.8 Å². The molecule has 68 heavy (non-hydrogen) atoms. The van der Waals surface area contributed by atoms with Crippen LogP contribution in [0.5, 0.6) is 0 Å². The maximum Gasteiger partial charge on any atom is 0.460 e. The summed E-state index contributed by atoms with van der Waals surface area (Å²) < 4.78 is 260. The van der Waals surface area contributed by atoms with E-state index in [1.165, 1.54) is 6.92 Å². The molecule has 0 aliphatic heterocycles. The van der Waals surface area contributed by atoms with E-state index in [1.54, 1.807) is 6.92 Å². The Labute approximate surface area is 391 Å². The van der Waals surface area contributed by atoms with Gasteiger partial charge in [-0.2, -0.15) is 79.0 Å². The standard InChI is InChI=1S/C33H44F18O8.9CH4/c1-8-19(14-52)59-18(3)15-58-20(53)23(4,5)16-25(7,22(55)57-13-11-27(36,37)32(46,47)48)17-24(6,9-2)21(54)56-12-10-26(34,35)28(38,39)29(40,41)30(42,43)31(44,45)33(49,50)51;;;;;;;;;/h18-19,52H,8-17H2,1-7H3;9*1H4. The Morgan fingerprint density at radius 1 is 0.485 bits per heavy atom. The number of hydrogen-bond donors (Lipinski definition) is 1. The summed E-state index contributed by atoms with van der Waals surface area (Å²) in [4.78, 5) is 39.7. The lowest BCUT2D eigenvalue weighted by Gasteiger charge is -2.40. The number of esters is 3. The molecule has 0 aromatic carbocycles. The molecule has 0 heterocycles. The molecule has 0 rings (SSSR count). The third-order valence-corrected chi connectivity index (χ3v) is 9.18. The zero-order valence-electron chi connectivity index (χ0n) is 32.3. The van der Waals surface area contributed by atoms with Gasteiger partial charge >= 0.3 is 65.8 Å². The normalized spacial score (nSPS) is 15.1. The van der Waals surface area contributed by atoms with Gasteiger partial charge < -0.3 is 24.1 Å². The molecule has 0 saturated heterocycles. The summed E-state index contributed by atoms with van der Waals surface area (Å²) >= 11 is 0. The SMILES string of the molecule is C.C.C.C.C.C.C.C.C.CCC(CO)OC(C)COC(=O)C(C)(C)CC(C)(CC(C)(CC)C(=O)OCCC(F)(F)C(F)(F)C(F)(F)C(F)(F)C(F)(F)C(F)(F)F)C(=O)OCCC(F)(F)C(F)(F)F. The molecule has 26 heteroatoms. The molecule has 4 unspecified atom stereocenters. The summed E-state index contributed by atoms with van der Waals surface area (Å²) in [5.74, 6) is -48.5. The summed E-state index contributed by atoms with van der Waals surface area (Å²) in [5, 5.41) is 9.30. The number of aliphatic hydroxyl groups excluding tert-OH is 1. The van der Waals surface area contributed by atoms with E-state index in [4.69, 9.17) is 9.47 Å². The number of carbonyl (C=O) groups is 3. The van der Waals surface area contributed by atoms with Crippen LogP contribution >= 0.6 is 0 Å². The minimum Gasteiger partial charge on any atom is -0.465 e. The molecule has 0 fully saturated rings. The topological polar surface area (TPSA) is 108 Å². The summed E-state index contributed by atoms with van der Waals surface area (Å²) in [6.07, 6.45) is -22.4. The van der Waals surface area contributed by atoms with Crippen molar-refractivity contribution < 1.29 is 117 Å². The number of carbonyl (C=O) groups excluding carboxylic acids is 3. The van der Waals surface area contributed by atoms with Crippen LogP contribution in [-0.4, -0.2) is 110 Å². The van der Waals surface area contributed by atoms with Gasteiger partial charge in [-0.1, -0.05) is 80.7 Å². The van der Waals surface area contributed by atoms with Crippen molar-refractivity contribution in [3.63, 3.8) is 0 Å². The monoisotopic (exact) mass is 1050 g/mol. The fourth-order valence-electron chi connectivity index (χ4n) is 5.47. The van der Waals surface area contributed by atoms with Crippen LogP contribution in [0.1, 0.15) is 154 Å². The zero-order valence-corrected chi connectivity index (χ0v) is 32.3. The molecule has 8 nitrogen and oxygen atoms in total. The Hall–Kier alpha value is -2.93. The van der Waals surface area contributed by atoms with E-state index < -0.39 is 153 Å². The first kappa shape index (κ1) is 88.1. The van der Waals surface area contributed by atoms with Crippen molar-refractivity contribution in [1.29, 1.82) is 0 Å². The molecule has 422 valence electrons. The average molecular weight is 1060 g/mol. The number of halogens is 18. The second kappa shape index (κ2) is 30.1. The molecule has 0 aromatic rings. The minimum atomic E-state index is -8.17. The maximum absolute atomic E-state index is 14.3. The number of aliphatic hydroxyl groups is 1. The van der Waals surface area contributed by atoms with Crippen LogP contribution in [0.2, 0.25) is 0 Å². The van der Waals surface area contributed by atoms with Crippen LogP contribution in [0, 0.1) is 16.2 Å². The number of rotatable bonds is 24. The quantitative estimate of drug-likeness (QED) is 0.0579. The van der Waals surface area contributed by atoms with E-state index in [1.807, 2.05) is 0 Å². The molecule has 0 aliphatic carbocycles. The molecular formula is C42H80F18O8. The molecule has 1 N–H and O–H groups in total. The zero-order chi connectivity index (χ0) is 47.3. The lowest BCUT2D eigenvalue weighted by atomic mass is 9.65. The first-order chi connectivity index (χ1) is 26.0. The summed E-state index contributed by atoms with van der Waals surface area (Å²) in [6.45, 7) is 3.53. The fourth-order valence-corrected chi connectivity index (χ4v) is 5.47. The molecule has 0 aliphatic rings. The van der Waals surface area contributed by atoms with Gasteiger partial charge in [-0.3, -0.25) is 14.4 Å². The first-order valence-electron chi connectivity index (χ1n) is 17.2. The third kappa shape index (κ3) is 19.7. The Morgan fingerprint density at radius 2 is 0.853 bits per heavy atom. The smallest absolute Gasteiger partial charge is 0.460 e. The Bertz CT molecular complexity index is 1420. The van der Waals surface area contributed by atoms with Gasteiger partial charge in [-0.15, -0.1) is 0 Å². The van der Waals surface area contributed by atoms with Crippen molar-refractivity contribution in [3.05, 3.63) is 0 Å². The van der Waals surface area contributed by atoms with E-state index in [0.717, 1.165) is 34.6 Å². The Balaban J connectivity index is -0.000000467. The molecule has 0 saturated carbocycles. The second-order valence-corrected chi connectivity index (χ2v) is 14.9. The van der Waals surface area contributed by atoms with Crippen LogP contribution in [-0.2, 0) is 33.3 Å². The van der Waals surface area contributed by atoms with Crippen LogP contribution in [0.3, 0.4) is 0 Å². The second-order valence-electron chi connectivity index (χ2n) is 14.9. The van der Waals surface area contributed by atoms with Gasteiger partial charge in [-0.25, -0.2) is 0 Å². The van der Waals surface area contributed by atoms with Crippen LogP contribution < -0.4 is 0 Å². The van der Waals surface area contributed by atoms with Crippen molar-refractivity contribution in [3.8, 4) is 0 Å². The highest BCUT2D eigenvalue weighted by Gasteiger charge is 2.90. The third-order valence-electron chi connectivity index (χ3n) is 9.18. The molecular weight excluding hydrogens is 974 g/mol. The number of alkyl halides is 18. The van der Waals surface area contributed by atoms with E-state index >= 15 is 0 Å². The molecule has 4 atom stereocenters. The summed E-state index contributed by atoms with van der Waals surface area (Å²) in [6, 6.07) is 0. The lowest BCUT2D eigenvalue weighted by Crippen LogP contribution is -2.70. The van der Waals surface area contributed by atoms with Gasteiger partial charge in [0.2, 0.25) is 0 Å². The van der Waals surface area contributed by atoms with Gasteiger partial charge in [0.1, 0.15) is 6.61 Å². The van der Waals surface area contributed by atoms with Crippen molar-refractivity contribution in [2.75, 3.05) is 26.4 Å². The van der Waals surface area contributed by atoms with Gasteiger partial charge in [0.25, 0.3) is 0 Å². The highest BCUT2D eigenvalue weighted by Crippen LogP contribution is 2.60. The van der Waals surface area contributed by atoms with E-state index in [2.05, 4.69) is 9.47 Å². The maximum atomic E-state index is 14.3. The largest absolute Gasteiger partial charge is 0.465 e. The van der Waals surface area contributed by atoms with Crippen molar-refractivity contribution in [2.45, 2.75) is 214 Å². The van der Waals surface area contributed by atoms with E-state index in [0.29, 0.717) is 6.42 Å². The van der Waals surface area contributed by atoms with Crippen molar-refractivity contribution in [1.82, 2.24) is 0 Å². The van der Waals surface area contributed by atoms with Crippen LogP contribution in [0.15, 0.2) is 0 Å². The molecule has 0 radical (unpaired) electrons. The molecule has 0 amide bonds. The lowest BCUT2D eigenvalue weighted by molar-refractivity contribution is -0.440. The first-order valence-corrected chi connectivity index (χ1v) is 17.2. The molecule has 0 aromatic heterocycles. The van der Waals surface area contributed by atoms with E-state index in [9.17, 15) is 98.5 Å². The Kier molecular flexibility index (Phi) is 38.9. The highest BCUT2D eigenvalue weighted by atomic mass is 19.4. The molecule has 0 bridgehead atoms. The highest BCUT2D eigenvalue weighted by molar-refractivity contribution is 5.82. The fraction of sp³-hybridized carbons (Fsp3) is 0.929. The van der Waals surface area contributed by atoms with Crippen molar-refractivity contribution in [2.24, 2.45) is 16.2 Å². The average Bonchev–Trinajstić information content (AvgIpc) is 3.07. The minimum absolute atomic E-state index is 0. The predicted molar refractivity (Wildman–Crippen MR) is 226 cm³/mol. The van der Waals surface area contributed by atoms with Gasteiger partial charge in [0.05, 0.1) is 61.1 Å². The van der Waals surface area contributed by atoms with Crippen LogP contribution in [0.25, 0.3) is 0 Å². The predicted octanol–water partition coefficient (Wildman–Crippen LogP) is 15.5. The van der Waals surface area contributed by atoms with Gasteiger partial charge in [0, 0.05) is 0 Å². The Morgan fingerprint density at radius 3 is 1.19 bits per heavy atom. The van der Waals surface area contributed by atoms with Gasteiger partial charge in [-0.05, 0) is 60.3 Å². The number of hydrogen-bond acceptors (Lipinski definition) is 8. The van der Waals surface area contributed by atoms with Gasteiger partial charge in [0.15, 0.2) is 0 Å².